The minimum Gasteiger partial charge on any atom is -0.394 e. The van der Waals surface area contributed by atoms with E-state index >= 15 is 4.11 Å². The van der Waals surface area contributed by atoms with Crippen LogP contribution in [0.3, 0.4) is 0 Å². The topological polar surface area (TPSA) is 112 Å². The van der Waals surface area contributed by atoms with Crippen LogP contribution in [0.15, 0.2) is 53.6 Å². The van der Waals surface area contributed by atoms with E-state index in [0.29, 0.717) is 36.3 Å². The van der Waals surface area contributed by atoms with Crippen LogP contribution in [-0.4, -0.2) is 67.1 Å². The molecule has 3 amide bonds. The Bertz CT molecular complexity index is 1450. The lowest BCUT2D eigenvalue weighted by atomic mass is 9.82. The van der Waals surface area contributed by atoms with Crippen molar-refractivity contribution in [2.45, 2.75) is 75.4 Å². The Labute approximate surface area is 245 Å². The molecule has 4 aliphatic heterocycles. The Morgan fingerprint density at radius 2 is 1.95 bits per heavy atom. The van der Waals surface area contributed by atoms with E-state index < -0.39 is 37.5 Å². The molecule has 2 saturated heterocycles. The van der Waals surface area contributed by atoms with E-state index in [4.69, 9.17) is 4.74 Å². The number of carbonyl (C=O) groups excluding carboxylic acids is 3. The standard InChI is InChI=1S/C31H37FN4O5Si/c1-19-29(42(2,3)32)26(17-28(39)35-15-7-10-22(35)18-37)41-31(19)23-16-21(11-12-25(23)33-30(31)40)36-27(38)14-13-24(34-36)20-8-5-4-6-9-20/h4-6,8-9,11-12,16,19,22,26,29,37H,7,10,13-15,17-18H2,1-3H3,(H,33,40)/t19-,22-,26+,29-,31+/m0/s1. The Morgan fingerprint density at radius 3 is 2.67 bits per heavy atom. The van der Waals surface area contributed by atoms with Gasteiger partial charge >= 0.3 is 0 Å². The number of aliphatic hydroxyl groups excluding tert-OH is 1. The van der Waals surface area contributed by atoms with Crippen molar-refractivity contribution in [3.63, 3.8) is 0 Å². The molecular weight excluding hydrogens is 555 g/mol. The monoisotopic (exact) mass is 592 g/mol. The summed E-state index contributed by atoms with van der Waals surface area (Å²) in [6.45, 7) is 5.44. The van der Waals surface area contributed by atoms with Crippen molar-refractivity contribution in [1.29, 1.82) is 0 Å². The van der Waals surface area contributed by atoms with Gasteiger partial charge in [-0.1, -0.05) is 37.3 Å². The van der Waals surface area contributed by atoms with Crippen LogP contribution in [0, 0.1) is 5.92 Å². The number of anilines is 2. The van der Waals surface area contributed by atoms with E-state index in [1.807, 2.05) is 37.3 Å². The summed E-state index contributed by atoms with van der Waals surface area (Å²) in [5, 5.41) is 18.7. The summed E-state index contributed by atoms with van der Waals surface area (Å²) in [5.41, 5.74) is 1.15. The van der Waals surface area contributed by atoms with Gasteiger partial charge in [-0.25, -0.2) is 5.01 Å². The van der Waals surface area contributed by atoms with Gasteiger partial charge in [-0.3, -0.25) is 14.4 Å². The highest BCUT2D eigenvalue weighted by Gasteiger charge is 2.65. The van der Waals surface area contributed by atoms with Gasteiger partial charge in [-0.05, 0) is 49.7 Å². The second kappa shape index (κ2) is 10.7. The molecule has 0 bridgehead atoms. The molecule has 2 fully saturated rings. The van der Waals surface area contributed by atoms with Crippen LogP contribution in [0.25, 0.3) is 0 Å². The van der Waals surface area contributed by atoms with Crippen molar-refractivity contribution >= 4 is 43.2 Å². The molecule has 0 unspecified atom stereocenters. The van der Waals surface area contributed by atoms with Gasteiger partial charge in [-0.15, -0.1) is 0 Å². The van der Waals surface area contributed by atoms with Crippen molar-refractivity contribution in [3.05, 3.63) is 59.7 Å². The highest BCUT2D eigenvalue weighted by atomic mass is 28.4. The number of ether oxygens (including phenoxy) is 1. The minimum atomic E-state index is -3.44. The average molecular weight is 593 g/mol. The highest BCUT2D eigenvalue weighted by molar-refractivity contribution is 6.72. The molecule has 2 aromatic carbocycles. The van der Waals surface area contributed by atoms with Crippen molar-refractivity contribution < 1.29 is 28.3 Å². The molecule has 4 heterocycles. The van der Waals surface area contributed by atoms with Crippen molar-refractivity contribution in [3.8, 4) is 0 Å². The molecule has 1 spiro atoms. The van der Waals surface area contributed by atoms with Crippen LogP contribution >= 0.6 is 0 Å². The molecule has 0 aromatic heterocycles. The summed E-state index contributed by atoms with van der Waals surface area (Å²) >= 11 is 0. The minimum absolute atomic E-state index is 0.0642. The Morgan fingerprint density at radius 1 is 1.19 bits per heavy atom. The first-order valence-electron chi connectivity index (χ1n) is 14.7. The quantitative estimate of drug-likeness (QED) is 0.384. The molecule has 6 rings (SSSR count). The van der Waals surface area contributed by atoms with E-state index in [0.717, 1.165) is 24.1 Å². The van der Waals surface area contributed by atoms with Gasteiger partial charge in [0.25, 0.3) is 5.91 Å². The van der Waals surface area contributed by atoms with Crippen LogP contribution in [0.2, 0.25) is 18.6 Å². The maximum absolute atomic E-state index is 16.0. The molecule has 42 heavy (non-hydrogen) atoms. The molecule has 0 saturated carbocycles. The number of carbonyl (C=O) groups is 3. The molecule has 5 atom stereocenters. The van der Waals surface area contributed by atoms with Crippen LogP contribution in [-0.2, 0) is 24.7 Å². The van der Waals surface area contributed by atoms with E-state index in [1.54, 1.807) is 36.2 Å². The van der Waals surface area contributed by atoms with Crippen molar-refractivity contribution in [2.24, 2.45) is 11.0 Å². The summed E-state index contributed by atoms with van der Waals surface area (Å²) in [5.74, 6) is -1.32. The number of rotatable bonds is 6. The predicted molar refractivity (Wildman–Crippen MR) is 159 cm³/mol. The molecule has 4 aliphatic rings. The van der Waals surface area contributed by atoms with E-state index in [2.05, 4.69) is 10.4 Å². The zero-order chi connectivity index (χ0) is 29.8. The number of likely N-dealkylation sites (tertiary alicyclic amines) is 1. The molecule has 0 radical (unpaired) electrons. The number of hydrazone groups is 1. The Kier molecular flexibility index (Phi) is 7.31. The number of hydrogen-bond donors (Lipinski definition) is 2. The lowest BCUT2D eigenvalue weighted by Crippen LogP contribution is -2.42. The summed E-state index contributed by atoms with van der Waals surface area (Å²) in [6, 6.07) is 14.6. The fraction of sp³-hybridized carbons (Fsp3) is 0.484. The summed E-state index contributed by atoms with van der Waals surface area (Å²) in [7, 11) is -3.44. The van der Waals surface area contributed by atoms with Gasteiger partial charge in [0, 0.05) is 42.1 Å². The predicted octanol–water partition coefficient (Wildman–Crippen LogP) is 4.32. The third-order valence-electron chi connectivity index (χ3n) is 9.37. The Hall–Kier alpha value is -3.41. The zero-order valence-electron chi connectivity index (χ0n) is 24.2. The Balaban J connectivity index is 1.36. The van der Waals surface area contributed by atoms with Gasteiger partial charge < -0.3 is 24.2 Å². The van der Waals surface area contributed by atoms with E-state index in [9.17, 15) is 19.5 Å². The highest BCUT2D eigenvalue weighted by Crippen LogP contribution is 2.59. The van der Waals surface area contributed by atoms with Crippen LogP contribution in [0.1, 0.15) is 50.2 Å². The van der Waals surface area contributed by atoms with Crippen LogP contribution in [0.5, 0.6) is 0 Å². The molecule has 2 N–H and O–H groups in total. The fourth-order valence-electron chi connectivity index (χ4n) is 7.42. The third-order valence-corrected chi connectivity index (χ3v) is 11.8. The van der Waals surface area contributed by atoms with Crippen molar-refractivity contribution in [1.82, 2.24) is 4.90 Å². The van der Waals surface area contributed by atoms with Gasteiger partial charge in [0.15, 0.2) is 5.60 Å². The van der Waals surface area contributed by atoms with Gasteiger partial charge in [0.2, 0.25) is 20.2 Å². The number of nitrogens with one attached hydrogen (secondary N) is 1. The first-order chi connectivity index (χ1) is 20.0. The SMILES string of the molecule is C[C@H]1[C@H]([Si](C)(C)F)[C@@H](CC(=O)N2CCC[C@H]2CO)O[C@]12C(=O)Nc1ccc(N3N=C(c4ccccc4)CCC3=O)cc12. The van der Waals surface area contributed by atoms with Gasteiger partial charge in [-0.2, -0.15) is 5.10 Å². The largest absolute Gasteiger partial charge is 0.394 e. The second-order valence-electron chi connectivity index (χ2n) is 12.3. The molecule has 222 valence electrons. The molecule has 2 aromatic rings. The number of fused-ring (bicyclic) bond motifs is 2. The molecule has 0 aliphatic carbocycles. The van der Waals surface area contributed by atoms with Crippen LogP contribution < -0.4 is 10.3 Å². The number of aliphatic hydroxyl groups is 1. The zero-order valence-corrected chi connectivity index (χ0v) is 25.2. The normalized spacial score (nSPS) is 29.2. The first-order valence-corrected chi connectivity index (χ1v) is 17.7. The number of hydrogen-bond acceptors (Lipinski definition) is 6. The number of amides is 3. The maximum atomic E-state index is 16.0. The second-order valence-corrected chi connectivity index (χ2v) is 16.1. The van der Waals surface area contributed by atoms with Crippen LogP contribution in [0.4, 0.5) is 15.5 Å². The number of nitrogens with zero attached hydrogens (tertiary/aromatic N) is 3. The molecule has 11 heteroatoms. The molecular formula is C31H37FN4O5Si. The fourth-order valence-corrected chi connectivity index (χ4v) is 9.92. The average Bonchev–Trinajstić information content (AvgIpc) is 3.64. The maximum Gasteiger partial charge on any atom is 0.261 e. The summed E-state index contributed by atoms with van der Waals surface area (Å²) in [6.07, 6.45) is 1.47. The smallest absolute Gasteiger partial charge is 0.261 e. The number of halogens is 1. The third kappa shape index (κ3) is 4.67. The first kappa shape index (κ1) is 28.7. The summed E-state index contributed by atoms with van der Waals surface area (Å²) in [4.78, 5) is 41.8. The lowest BCUT2D eigenvalue weighted by Gasteiger charge is -2.31. The van der Waals surface area contributed by atoms with Gasteiger partial charge in [0.05, 0.1) is 36.6 Å². The number of benzene rings is 2. The van der Waals surface area contributed by atoms with Gasteiger partial charge in [0.1, 0.15) is 0 Å². The summed E-state index contributed by atoms with van der Waals surface area (Å²) < 4.78 is 22.6. The lowest BCUT2D eigenvalue weighted by molar-refractivity contribution is -0.148. The van der Waals surface area contributed by atoms with E-state index in [-0.39, 0.29) is 30.9 Å². The molecule has 9 nitrogen and oxygen atoms in total. The van der Waals surface area contributed by atoms with E-state index in [1.165, 1.54) is 5.01 Å². The van der Waals surface area contributed by atoms with Crippen molar-refractivity contribution in [2.75, 3.05) is 23.5 Å².